The van der Waals surface area contributed by atoms with Crippen molar-refractivity contribution in [1.82, 2.24) is 4.98 Å². The van der Waals surface area contributed by atoms with Crippen LogP contribution >= 0.6 is 13.6 Å². The predicted molar refractivity (Wildman–Crippen MR) is 48.0 cm³/mol. The van der Waals surface area contributed by atoms with Crippen LogP contribution in [0.2, 0.25) is 0 Å². The van der Waals surface area contributed by atoms with Crippen molar-refractivity contribution in [3.05, 3.63) is 30.1 Å². The van der Waals surface area contributed by atoms with Crippen LogP contribution in [0.15, 0.2) is 18.2 Å². The summed E-state index contributed by atoms with van der Waals surface area (Å²) in [6.07, 6.45) is 2.55. The van der Waals surface area contributed by atoms with Crippen molar-refractivity contribution in [2.45, 2.75) is 6.92 Å². The van der Waals surface area contributed by atoms with E-state index in [1.54, 1.807) is 25.1 Å². The summed E-state index contributed by atoms with van der Waals surface area (Å²) in [6, 6.07) is 4.91. The van der Waals surface area contributed by atoms with E-state index in [1.165, 1.54) is 16.3 Å². The Balaban J connectivity index is 0.000000671. The van der Waals surface area contributed by atoms with Crippen LogP contribution in [0.4, 0.5) is 0 Å². The quantitative estimate of drug-likeness (QED) is 0.475. The van der Waals surface area contributed by atoms with Gasteiger partial charge in [0.05, 0.1) is 6.61 Å². The first kappa shape index (κ1) is 12.7. The summed E-state index contributed by atoms with van der Waals surface area (Å²) in [5, 5.41) is 0. The molecule has 3 nitrogen and oxygen atoms in total. The van der Waals surface area contributed by atoms with Crippen molar-refractivity contribution >= 4 is 19.6 Å². The third-order valence-corrected chi connectivity index (χ3v) is 1.09. The molecule has 0 N–H and O–H groups in total. The van der Waals surface area contributed by atoms with Gasteiger partial charge in [-0.1, -0.05) is 6.20 Å². The molecule has 1 aromatic heterocycles. The molecular weight excluding hydrogens is 287 g/mol. The Morgan fingerprint density at radius 1 is 1.77 bits per heavy atom. The van der Waals surface area contributed by atoms with Crippen LogP contribution in [-0.4, -0.2) is 17.6 Å². The van der Waals surface area contributed by atoms with Gasteiger partial charge in [0, 0.05) is 5.69 Å². The number of aromatic nitrogens is 1. The molecule has 0 atom stereocenters. The molecule has 0 bridgehead atoms. The van der Waals surface area contributed by atoms with E-state index in [0.717, 1.165) is 0 Å². The monoisotopic (exact) mass is 293 g/mol. The molecule has 0 aliphatic heterocycles. The number of halogens is 1. The number of hydrogen-bond donors (Lipinski definition) is 0. The molecule has 0 radical (unpaired) electrons. The van der Waals surface area contributed by atoms with E-state index >= 15 is 0 Å². The van der Waals surface area contributed by atoms with Gasteiger partial charge in [0.25, 0.3) is 5.97 Å². The summed E-state index contributed by atoms with van der Waals surface area (Å²) in [7, 11) is 0. The van der Waals surface area contributed by atoms with Gasteiger partial charge < -0.3 is 9.72 Å². The van der Waals surface area contributed by atoms with Crippen LogP contribution in [0.25, 0.3) is 0 Å². The Morgan fingerprint density at radius 2 is 2.46 bits per heavy atom. The van der Waals surface area contributed by atoms with Crippen LogP contribution in [0, 0.1) is 6.20 Å². The van der Waals surface area contributed by atoms with Crippen LogP contribution in [-0.2, 0) is 21.1 Å². The molecule has 0 aromatic carbocycles. The summed E-state index contributed by atoms with van der Waals surface area (Å²) in [5.41, 5.74) is 0.300. The van der Waals surface area contributed by atoms with Crippen LogP contribution < -0.4 is 0 Å². The van der Waals surface area contributed by atoms with Gasteiger partial charge in [0.1, 0.15) is 0 Å². The Bertz CT molecular complexity index is 243. The molecule has 0 aliphatic carbocycles. The number of esters is 1. The molecule has 5 heteroatoms. The van der Waals surface area contributed by atoms with Gasteiger partial charge in [-0.2, -0.15) is 12.1 Å². The number of ether oxygens (including phenoxy) is 1. The maximum absolute atomic E-state index is 10.9. The van der Waals surface area contributed by atoms with E-state index in [9.17, 15) is 4.79 Å². The van der Waals surface area contributed by atoms with E-state index in [-0.39, 0.29) is 0 Å². The average Bonchev–Trinajstić information content (AvgIpc) is 2.23. The molecule has 1 heterocycles. The second-order valence-corrected chi connectivity index (χ2v) is 1.87. The molecule has 0 saturated heterocycles. The second-order valence-electron chi connectivity index (χ2n) is 1.87. The minimum absolute atomic E-state index is 0.300. The number of hydrogen-bond acceptors (Lipinski definition) is 3. The zero-order chi connectivity index (χ0) is 10.1. The fourth-order valence-corrected chi connectivity index (χ4v) is 0.645. The number of pyridine rings is 1. The third kappa shape index (κ3) is 5.11. The molecule has 0 unspecified atom stereocenters. The van der Waals surface area contributed by atoms with Crippen LogP contribution in [0.5, 0.6) is 0 Å². The van der Waals surface area contributed by atoms with Gasteiger partial charge in [-0.15, -0.1) is 6.07 Å². The molecule has 13 heavy (non-hydrogen) atoms. The van der Waals surface area contributed by atoms with Gasteiger partial charge in [0.2, 0.25) is 0 Å². The summed E-state index contributed by atoms with van der Waals surface area (Å²) in [6.45, 7) is 2.12. The second kappa shape index (κ2) is 8.33. The Labute approximate surface area is 93.9 Å². The number of rotatable bonds is 2. The van der Waals surface area contributed by atoms with Crippen molar-refractivity contribution in [2.24, 2.45) is 0 Å². The van der Waals surface area contributed by atoms with E-state index < -0.39 is 5.97 Å². The van der Waals surface area contributed by atoms with E-state index in [2.05, 4.69) is 24.8 Å². The SMILES string of the molecule is CCOC(=O)c1ccc[c-]n1.[Zn+][Br]. The summed E-state index contributed by atoms with van der Waals surface area (Å²) in [4.78, 5) is 14.6. The average molecular weight is 295 g/mol. The van der Waals surface area contributed by atoms with Crippen LogP contribution in [0.3, 0.4) is 0 Å². The van der Waals surface area contributed by atoms with E-state index in [0.29, 0.717) is 12.3 Å². The summed E-state index contributed by atoms with van der Waals surface area (Å²) < 4.78 is 4.71. The Hall–Kier alpha value is -0.277. The molecule has 0 saturated carbocycles. The summed E-state index contributed by atoms with van der Waals surface area (Å²) >= 11 is 4.25. The predicted octanol–water partition coefficient (Wildman–Crippen LogP) is 1.90. The minimum atomic E-state index is -0.399. The molecule has 1 rings (SSSR count). The zero-order valence-electron chi connectivity index (χ0n) is 7.29. The molecule has 0 spiro atoms. The fraction of sp³-hybridized carbons (Fsp3) is 0.250. The zero-order valence-corrected chi connectivity index (χ0v) is 11.8. The van der Waals surface area contributed by atoms with E-state index in [4.69, 9.17) is 4.74 Å². The first-order chi connectivity index (χ1) is 6.34. The molecular formula is C8H8BrNO2Zn. The number of carbonyl (C=O) groups excluding carboxylic acids is 1. The summed E-state index contributed by atoms with van der Waals surface area (Å²) in [5.74, 6) is -0.399. The molecule has 0 fully saturated rings. The van der Waals surface area contributed by atoms with Gasteiger partial charge in [0.15, 0.2) is 0 Å². The van der Waals surface area contributed by atoms with Crippen molar-refractivity contribution in [2.75, 3.05) is 6.61 Å². The first-order valence-corrected chi connectivity index (χ1v) is 10.6. The Kier molecular flexibility index (Phi) is 8.15. The van der Waals surface area contributed by atoms with Gasteiger partial charge in [-0.25, -0.2) is 0 Å². The van der Waals surface area contributed by atoms with Crippen molar-refractivity contribution in [3.8, 4) is 0 Å². The van der Waals surface area contributed by atoms with Crippen LogP contribution in [0.1, 0.15) is 17.4 Å². The van der Waals surface area contributed by atoms with Crippen molar-refractivity contribution in [1.29, 1.82) is 0 Å². The molecule has 0 aliphatic rings. The number of carbonyl (C=O) groups is 1. The molecule has 0 amide bonds. The standard InChI is InChI=1S/C8H8NO2.BrH.Zn/c1-2-11-8(10)7-5-3-4-6-9-7;;/h3-5H,2H2,1H3;1H;/q-1;;+2/p-1. The molecule has 1 aromatic rings. The molecule has 66 valence electrons. The first-order valence-electron chi connectivity index (χ1n) is 3.61. The van der Waals surface area contributed by atoms with Crippen molar-refractivity contribution in [3.63, 3.8) is 0 Å². The van der Waals surface area contributed by atoms with Crippen molar-refractivity contribution < 1.29 is 25.9 Å². The normalized spacial score (nSPS) is 8.31. The van der Waals surface area contributed by atoms with Gasteiger partial charge in [-0.3, -0.25) is 4.79 Å². The maximum atomic E-state index is 10.9. The Morgan fingerprint density at radius 3 is 2.92 bits per heavy atom. The third-order valence-electron chi connectivity index (χ3n) is 1.09. The van der Waals surface area contributed by atoms with Gasteiger partial charge in [-0.05, 0) is 6.92 Å². The number of nitrogens with zero attached hydrogens (tertiary/aromatic N) is 1. The topological polar surface area (TPSA) is 39.2 Å². The van der Waals surface area contributed by atoms with E-state index in [1.807, 2.05) is 0 Å². The fourth-order valence-electron chi connectivity index (χ4n) is 0.645. The van der Waals surface area contributed by atoms with Gasteiger partial charge >= 0.3 is 30.0 Å².